The van der Waals surface area contributed by atoms with Gasteiger partial charge in [-0.3, -0.25) is 0 Å². The number of benzene rings is 1. The van der Waals surface area contributed by atoms with Crippen LogP contribution >= 0.6 is 28.2 Å². The number of halogens is 1. The van der Waals surface area contributed by atoms with Crippen molar-refractivity contribution in [1.82, 2.24) is 8.96 Å². The normalized spacial score (nSPS) is 10.8. The van der Waals surface area contributed by atoms with Crippen molar-refractivity contribution >= 4 is 39.2 Å². The molecule has 0 saturated heterocycles. The van der Waals surface area contributed by atoms with Crippen molar-refractivity contribution in [2.45, 2.75) is 0 Å². The lowest BCUT2D eigenvalue weighted by Crippen LogP contribution is -1.94. The quantitative estimate of drug-likeness (QED) is 0.406. The largest absolute Gasteiger partial charge is 0.324 e. The fourth-order valence-electron chi connectivity index (χ4n) is 1.61. The minimum Gasteiger partial charge on any atom is -0.324 e. The molecule has 3 rings (SSSR count). The molecule has 2 aromatic heterocycles. The summed E-state index contributed by atoms with van der Waals surface area (Å²) in [7, 11) is 0. The maximum Gasteiger partial charge on any atom is 0.170 e. The van der Waals surface area contributed by atoms with Gasteiger partial charge in [0.1, 0.15) is 0 Å². The van der Waals surface area contributed by atoms with E-state index >= 15 is 0 Å². The molecular formula is C13H9BrN2O2S. The van der Waals surface area contributed by atoms with E-state index in [0.29, 0.717) is 5.75 Å². The van der Waals surface area contributed by atoms with E-state index in [4.69, 9.17) is 9.22 Å². The summed E-state index contributed by atoms with van der Waals surface area (Å²) >= 11 is 4.55. The molecule has 0 aliphatic rings. The van der Waals surface area contributed by atoms with E-state index in [9.17, 15) is 0 Å². The zero-order valence-corrected chi connectivity index (χ0v) is 12.1. The predicted octanol–water partition coefficient (Wildman–Crippen LogP) is 4.22. The fourth-order valence-corrected chi connectivity index (χ4v) is 2.80. The minimum atomic E-state index is 0.651. The van der Waals surface area contributed by atoms with Gasteiger partial charge in [0, 0.05) is 22.3 Å². The van der Waals surface area contributed by atoms with Gasteiger partial charge in [0.05, 0.1) is 0 Å². The Bertz CT molecular complexity index is 687. The molecular weight excluding hydrogens is 328 g/mol. The van der Waals surface area contributed by atoms with Crippen molar-refractivity contribution in [1.29, 1.82) is 0 Å². The first-order valence-electron chi connectivity index (χ1n) is 5.53. The number of pyridine rings is 1. The van der Waals surface area contributed by atoms with Gasteiger partial charge in [-0.2, -0.15) is 0 Å². The van der Waals surface area contributed by atoms with Crippen molar-refractivity contribution in [2.75, 3.05) is 0 Å². The van der Waals surface area contributed by atoms with E-state index in [2.05, 4.69) is 20.9 Å². The third kappa shape index (κ3) is 2.75. The summed E-state index contributed by atoms with van der Waals surface area (Å²) in [5.41, 5.74) is 0.816. The Morgan fingerprint density at radius 3 is 2.79 bits per heavy atom. The number of hydrogen-bond donors (Lipinski definition) is 0. The van der Waals surface area contributed by atoms with Crippen LogP contribution in [-0.4, -0.2) is 8.96 Å². The Kier molecular flexibility index (Phi) is 3.72. The zero-order valence-electron chi connectivity index (χ0n) is 9.69. The summed E-state index contributed by atoms with van der Waals surface area (Å²) < 4.78 is 7.90. The molecule has 96 valence electrons. The third-order valence-corrected chi connectivity index (χ3v) is 3.67. The summed E-state index contributed by atoms with van der Waals surface area (Å²) in [5.74, 6) is 0.651. The van der Waals surface area contributed by atoms with Crippen LogP contribution in [0, 0.1) is 0 Å². The van der Waals surface area contributed by atoms with E-state index in [1.807, 2.05) is 48.7 Å². The number of fused-ring (bicyclic) bond motifs is 1. The van der Waals surface area contributed by atoms with E-state index in [1.54, 1.807) is 10.2 Å². The van der Waals surface area contributed by atoms with Crippen LogP contribution in [0.25, 0.3) is 11.0 Å². The first-order chi connectivity index (χ1) is 9.34. The maximum absolute atomic E-state index is 5.17. The molecule has 4 nitrogen and oxygen atoms in total. The zero-order chi connectivity index (χ0) is 13.1. The average Bonchev–Trinajstić information content (AvgIpc) is 2.78. The van der Waals surface area contributed by atoms with E-state index in [0.717, 1.165) is 27.7 Å². The lowest BCUT2D eigenvalue weighted by molar-refractivity contribution is -0.0785. The van der Waals surface area contributed by atoms with E-state index in [1.165, 1.54) is 0 Å². The standard InChI is InChI=1S/C13H9BrN2O2S/c14-12-9-16(13-11(12)7-4-8-15-13)19-18-17-10-5-2-1-3-6-10/h1-9H. The van der Waals surface area contributed by atoms with Gasteiger partial charge in [0.2, 0.25) is 0 Å². The summed E-state index contributed by atoms with van der Waals surface area (Å²) in [6.45, 7) is 0. The summed E-state index contributed by atoms with van der Waals surface area (Å²) in [6, 6.07) is 13.2. The lowest BCUT2D eigenvalue weighted by Gasteiger charge is -2.03. The molecule has 0 spiro atoms. The van der Waals surface area contributed by atoms with Gasteiger partial charge < -0.3 is 4.89 Å². The topological polar surface area (TPSA) is 36.3 Å². The van der Waals surface area contributed by atoms with Crippen molar-refractivity contribution in [3.05, 3.63) is 59.3 Å². The molecule has 0 aliphatic carbocycles. The Morgan fingerprint density at radius 2 is 1.95 bits per heavy atom. The molecule has 0 amide bonds. The van der Waals surface area contributed by atoms with Crippen LogP contribution in [0.15, 0.2) is 59.3 Å². The number of hydrogen-bond acceptors (Lipinski definition) is 4. The first kappa shape index (κ1) is 12.5. The van der Waals surface area contributed by atoms with Crippen LogP contribution < -0.4 is 4.89 Å². The van der Waals surface area contributed by atoms with Crippen LogP contribution in [0.3, 0.4) is 0 Å². The Morgan fingerprint density at radius 1 is 1.11 bits per heavy atom. The fraction of sp³-hybridized carbons (Fsp3) is 0. The second-order valence-electron chi connectivity index (χ2n) is 3.72. The molecule has 0 unspecified atom stereocenters. The molecule has 0 saturated carbocycles. The number of rotatable bonds is 4. The summed E-state index contributed by atoms with van der Waals surface area (Å²) in [4.78, 5) is 9.47. The predicted molar refractivity (Wildman–Crippen MR) is 78.6 cm³/mol. The molecule has 0 bridgehead atoms. The third-order valence-electron chi connectivity index (χ3n) is 2.47. The number of para-hydroxylation sites is 1. The molecule has 19 heavy (non-hydrogen) atoms. The highest BCUT2D eigenvalue weighted by atomic mass is 79.9. The van der Waals surface area contributed by atoms with Crippen LogP contribution in [0.1, 0.15) is 0 Å². The van der Waals surface area contributed by atoms with Crippen LogP contribution in [0.2, 0.25) is 0 Å². The number of aromatic nitrogens is 2. The van der Waals surface area contributed by atoms with Crippen molar-refractivity contribution in [2.24, 2.45) is 0 Å². The van der Waals surface area contributed by atoms with Gasteiger partial charge in [-0.05, 0) is 40.2 Å². The molecule has 3 aromatic rings. The SMILES string of the molecule is Brc1cn(SOOc2ccccc2)c2ncccc12. The monoisotopic (exact) mass is 336 g/mol. The lowest BCUT2D eigenvalue weighted by atomic mass is 10.3. The van der Waals surface area contributed by atoms with Gasteiger partial charge in [0.15, 0.2) is 23.6 Å². The summed E-state index contributed by atoms with van der Waals surface area (Å²) in [6.07, 6.45) is 3.63. The first-order valence-corrected chi connectivity index (χ1v) is 7.02. The molecule has 0 fully saturated rings. The van der Waals surface area contributed by atoms with Gasteiger partial charge in [-0.1, -0.05) is 22.5 Å². The second-order valence-corrected chi connectivity index (χ2v) is 5.25. The Balaban J connectivity index is 1.72. The van der Waals surface area contributed by atoms with Gasteiger partial charge in [0.25, 0.3) is 0 Å². The molecule has 0 atom stereocenters. The molecule has 0 radical (unpaired) electrons. The Hall–Kier alpha value is -1.50. The average molecular weight is 337 g/mol. The smallest absolute Gasteiger partial charge is 0.170 e. The van der Waals surface area contributed by atoms with Crippen molar-refractivity contribution in [3.8, 4) is 5.75 Å². The molecule has 0 aliphatic heterocycles. The van der Waals surface area contributed by atoms with E-state index < -0.39 is 0 Å². The highest BCUT2D eigenvalue weighted by Gasteiger charge is 2.08. The van der Waals surface area contributed by atoms with Crippen LogP contribution in [0.5, 0.6) is 5.75 Å². The van der Waals surface area contributed by atoms with Gasteiger partial charge in [-0.25, -0.2) is 8.96 Å². The number of nitrogens with zero attached hydrogens (tertiary/aromatic N) is 2. The van der Waals surface area contributed by atoms with Crippen LogP contribution in [-0.2, 0) is 4.33 Å². The highest BCUT2D eigenvalue weighted by molar-refractivity contribution is 9.10. The maximum atomic E-state index is 5.17. The molecule has 1 aromatic carbocycles. The molecule has 0 N–H and O–H groups in total. The molecule has 2 heterocycles. The minimum absolute atomic E-state index is 0.651. The second kappa shape index (κ2) is 5.64. The summed E-state index contributed by atoms with van der Waals surface area (Å²) in [5, 5.41) is 1.03. The Labute approximate surface area is 122 Å². The van der Waals surface area contributed by atoms with Crippen molar-refractivity contribution in [3.63, 3.8) is 0 Å². The highest BCUT2D eigenvalue weighted by Crippen LogP contribution is 2.28. The van der Waals surface area contributed by atoms with Gasteiger partial charge >= 0.3 is 0 Å². The molecule has 6 heteroatoms. The van der Waals surface area contributed by atoms with Gasteiger partial charge in [-0.15, -0.1) is 0 Å². The van der Waals surface area contributed by atoms with E-state index in [-0.39, 0.29) is 0 Å². The van der Waals surface area contributed by atoms with Crippen molar-refractivity contribution < 1.29 is 9.22 Å². The van der Waals surface area contributed by atoms with Crippen LogP contribution in [0.4, 0.5) is 0 Å².